The van der Waals surface area contributed by atoms with Crippen LogP contribution in [0.25, 0.3) is 0 Å². The van der Waals surface area contributed by atoms with Crippen LogP contribution >= 0.6 is 0 Å². The number of likely N-dealkylation sites (N-methyl/N-ethyl adjacent to an activating group) is 1. The number of rotatable bonds is 8. The van der Waals surface area contributed by atoms with Crippen molar-refractivity contribution < 1.29 is 14.3 Å². The van der Waals surface area contributed by atoms with Crippen LogP contribution in [0.3, 0.4) is 0 Å². The first-order valence-corrected chi connectivity index (χ1v) is 11.0. The van der Waals surface area contributed by atoms with Crippen molar-refractivity contribution in [2.45, 2.75) is 38.6 Å². The molecule has 0 bridgehead atoms. The van der Waals surface area contributed by atoms with Crippen LogP contribution < -0.4 is 10.1 Å². The van der Waals surface area contributed by atoms with Crippen LogP contribution in [0, 0.1) is 0 Å². The number of methoxy groups -OCH3 is 1. The summed E-state index contributed by atoms with van der Waals surface area (Å²) in [5.74, 6) is 0.427. The highest BCUT2D eigenvalue weighted by Gasteiger charge is 2.26. The Labute approximate surface area is 185 Å². The number of anilines is 1. The Kier molecular flexibility index (Phi) is 8.06. The molecule has 0 atom stereocenters. The molecule has 0 aliphatic carbocycles. The zero-order valence-electron chi connectivity index (χ0n) is 18.8. The summed E-state index contributed by atoms with van der Waals surface area (Å²) in [6.07, 6.45) is 3.37. The van der Waals surface area contributed by atoms with Crippen LogP contribution in [0.1, 0.15) is 42.1 Å². The Morgan fingerprint density at radius 2 is 1.84 bits per heavy atom. The van der Waals surface area contributed by atoms with Crippen LogP contribution in [0.5, 0.6) is 5.75 Å². The topological polar surface area (TPSA) is 61.9 Å². The quantitative estimate of drug-likeness (QED) is 0.701. The standard InChI is InChI=1S/C25H33N3O3/c1-4-24(29)26-22-11-10-20(18-23(22)31-3)25(30)28-16-13-21(14-17-28)27(2)15-12-19-8-6-5-7-9-19/h5-11,18,21H,4,12-17H2,1-3H3,(H,26,29). The number of hydrogen-bond donors (Lipinski definition) is 1. The molecule has 0 unspecified atom stereocenters. The molecule has 0 radical (unpaired) electrons. The molecule has 0 saturated carbocycles. The smallest absolute Gasteiger partial charge is 0.253 e. The van der Waals surface area contributed by atoms with Gasteiger partial charge < -0.3 is 19.9 Å². The van der Waals surface area contributed by atoms with Gasteiger partial charge in [0.2, 0.25) is 5.91 Å². The van der Waals surface area contributed by atoms with Crippen LogP contribution in [-0.4, -0.2) is 61.4 Å². The first-order chi connectivity index (χ1) is 15.0. The molecule has 1 saturated heterocycles. The predicted octanol–water partition coefficient (Wildman–Crippen LogP) is 3.82. The van der Waals surface area contributed by atoms with Gasteiger partial charge in [-0.1, -0.05) is 37.3 Å². The van der Waals surface area contributed by atoms with E-state index in [0.717, 1.165) is 38.9 Å². The van der Waals surface area contributed by atoms with Crippen molar-refractivity contribution in [1.82, 2.24) is 9.80 Å². The highest BCUT2D eigenvalue weighted by atomic mass is 16.5. The average Bonchev–Trinajstić information content (AvgIpc) is 2.83. The molecule has 3 rings (SSSR count). The lowest BCUT2D eigenvalue weighted by atomic mass is 10.0. The van der Waals surface area contributed by atoms with Gasteiger partial charge in [-0.25, -0.2) is 0 Å². The zero-order valence-corrected chi connectivity index (χ0v) is 18.8. The molecule has 1 heterocycles. The van der Waals surface area contributed by atoms with Crippen LogP contribution in [0.2, 0.25) is 0 Å². The maximum Gasteiger partial charge on any atom is 0.253 e. The number of likely N-dealkylation sites (tertiary alicyclic amines) is 1. The summed E-state index contributed by atoms with van der Waals surface area (Å²) >= 11 is 0. The second-order valence-corrected chi connectivity index (χ2v) is 8.06. The van der Waals surface area contributed by atoms with Gasteiger partial charge in [0, 0.05) is 37.7 Å². The number of carbonyl (C=O) groups excluding carboxylic acids is 2. The van der Waals surface area contributed by atoms with Crippen LogP contribution in [0.4, 0.5) is 5.69 Å². The molecule has 1 aliphatic rings. The minimum Gasteiger partial charge on any atom is -0.495 e. The third kappa shape index (κ3) is 6.07. The fourth-order valence-electron chi connectivity index (χ4n) is 3.99. The second-order valence-electron chi connectivity index (χ2n) is 8.06. The molecule has 31 heavy (non-hydrogen) atoms. The van der Waals surface area contributed by atoms with Crippen molar-refractivity contribution >= 4 is 17.5 Å². The number of benzene rings is 2. The second kappa shape index (κ2) is 11.0. The van der Waals surface area contributed by atoms with Gasteiger partial charge in [0.25, 0.3) is 5.91 Å². The largest absolute Gasteiger partial charge is 0.495 e. The lowest BCUT2D eigenvalue weighted by Crippen LogP contribution is -2.46. The summed E-state index contributed by atoms with van der Waals surface area (Å²) in [6, 6.07) is 16.3. The van der Waals surface area contributed by atoms with Gasteiger partial charge in [-0.15, -0.1) is 0 Å². The molecule has 2 aromatic carbocycles. The van der Waals surface area contributed by atoms with E-state index in [4.69, 9.17) is 4.74 Å². The van der Waals surface area contributed by atoms with E-state index in [1.165, 1.54) is 5.56 Å². The highest BCUT2D eigenvalue weighted by molar-refractivity contribution is 5.97. The summed E-state index contributed by atoms with van der Waals surface area (Å²) in [4.78, 5) is 29.0. The van der Waals surface area contributed by atoms with Gasteiger partial charge in [-0.05, 0) is 50.1 Å². The number of carbonyl (C=O) groups is 2. The molecule has 1 fully saturated rings. The maximum atomic E-state index is 13.0. The number of nitrogens with zero attached hydrogens (tertiary/aromatic N) is 2. The molecule has 166 valence electrons. The summed E-state index contributed by atoms with van der Waals surface area (Å²) in [5, 5.41) is 2.80. The van der Waals surface area contributed by atoms with Crippen molar-refractivity contribution in [3.8, 4) is 5.75 Å². The van der Waals surface area contributed by atoms with Gasteiger partial charge >= 0.3 is 0 Å². The fraction of sp³-hybridized carbons (Fsp3) is 0.440. The van der Waals surface area contributed by atoms with Crippen molar-refractivity contribution in [3.05, 3.63) is 59.7 Å². The van der Waals surface area contributed by atoms with E-state index >= 15 is 0 Å². The van der Waals surface area contributed by atoms with Gasteiger partial charge in [-0.3, -0.25) is 9.59 Å². The van der Waals surface area contributed by atoms with E-state index in [-0.39, 0.29) is 11.8 Å². The molecule has 2 amide bonds. The molecule has 6 heteroatoms. The van der Waals surface area contributed by atoms with Crippen molar-refractivity contribution in [3.63, 3.8) is 0 Å². The first-order valence-electron chi connectivity index (χ1n) is 11.0. The fourth-order valence-corrected chi connectivity index (χ4v) is 3.99. The number of hydrogen-bond acceptors (Lipinski definition) is 4. The minimum absolute atomic E-state index is 0.0112. The van der Waals surface area contributed by atoms with Gasteiger partial charge in [0.05, 0.1) is 12.8 Å². The van der Waals surface area contributed by atoms with Crippen molar-refractivity contribution in [1.29, 1.82) is 0 Å². The molecule has 2 aromatic rings. The van der Waals surface area contributed by atoms with Crippen LogP contribution in [0.15, 0.2) is 48.5 Å². The van der Waals surface area contributed by atoms with E-state index in [1.807, 2.05) is 11.0 Å². The third-order valence-corrected chi connectivity index (χ3v) is 6.01. The van der Waals surface area contributed by atoms with Crippen molar-refractivity contribution in [2.75, 3.05) is 39.1 Å². The SMILES string of the molecule is CCC(=O)Nc1ccc(C(=O)N2CCC(N(C)CCc3ccccc3)CC2)cc1OC. The van der Waals surface area contributed by atoms with Crippen LogP contribution in [-0.2, 0) is 11.2 Å². The normalized spacial score (nSPS) is 14.5. The lowest BCUT2D eigenvalue weighted by Gasteiger charge is -2.37. The Hall–Kier alpha value is -2.86. The summed E-state index contributed by atoms with van der Waals surface area (Å²) in [7, 11) is 3.72. The van der Waals surface area contributed by atoms with E-state index in [0.29, 0.717) is 29.5 Å². The molecule has 1 aliphatic heterocycles. The number of ether oxygens (including phenoxy) is 1. The minimum atomic E-state index is -0.0872. The van der Waals surface area contributed by atoms with E-state index in [1.54, 1.807) is 32.2 Å². The molecule has 6 nitrogen and oxygen atoms in total. The Bertz CT molecular complexity index is 877. The monoisotopic (exact) mass is 423 g/mol. The highest BCUT2D eigenvalue weighted by Crippen LogP contribution is 2.27. The molecular weight excluding hydrogens is 390 g/mol. The third-order valence-electron chi connectivity index (χ3n) is 6.01. The molecule has 0 spiro atoms. The molecule has 1 N–H and O–H groups in total. The van der Waals surface area contributed by atoms with E-state index in [9.17, 15) is 9.59 Å². The first kappa shape index (κ1) is 22.8. The molecular formula is C25H33N3O3. The molecule has 0 aromatic heterocycles. The average molecular weight is 424 g/mol. The summed E-state index contributed by atoms with van der Waals surface area (Å²) < 4.78 is 5.39. The Morgan fingerprint density at radius 3 is 2.48 bits per heavy atom. The number of piperidine rings is 1. The van der Waals surface area contributed by atoms with Gasteiger partial charge in [0.15, 0.2) is 0 Å². The van der Waals surface area contributed by atoms with Gasteiger partial charge in [0.1, 0.15) is 5.75 Å². The maximum absolute atomic E-state index is 13.0. The van der Waals surface area contributed by atoms with E-state index < -0.39 is 0 Å². The Morgan fingerprint density at radius 1 is 1.13 bits per heavy atom. The lowest BCUT2D eigenvalue weighted by molar-refractivity contribution is -0.115. The zero-order chi connectivity index (χ0) is 22.2. The van der Waals surface area contributed by atoms with Gasteiger partial charge in [-0.2, -0.15) is 0 Å². The van der Waals surface area contributed by atoms with Crippen molar-refractivity contribution in [2.24, 2.45) is 0 Å². The summed E-state index contributed by atoms with van der Waals surface area (Å²) in [6.45, 7) is 4.30. The van der Waals surface area contributed by atoms with E-state index in [2.05, 4.69) is 41.5 Å². The Balaban J connectivity index is 1.54. The summed E-state index contributed by atoms with van der Waals surface area (Å²) in [5.41, 5.74) is 2.53. The number of nitrogens with one attached hydrogen (secondary N) is 1. The predicted molar refractivity (Wildman–Crippen MR) is 124 cm³/mol. The number of amides is 2.